The van der Waals surface area contributed by atoms with Crippen molar-refractivity contribution >= 4 is 22.9 Å². The summed E-state index contributed by atoms with van der Waals surface area (Å²) in [4.78, 5) is 20.6. The molecule has 5 nitrogen and oxygen atoms in total. The second-order valence-electron chi connectivity index (χ2n) is 11.4. The van der Waals surface area contributed by atoms with Gasteiger partial charge in [-0.2, -0.15) is 0 Å². The molecule has 0 radical (unpaired) electrons. The number of allylic oxidation sites excluding steroid dienone is 7. The largest absolute Gasteiger partial charge is 0.375 e. The van der Waals surface area contributed by atoms with Crippen LogP contribution in [0.5, 0.6) is 0 Å². The highest BCUT2D eigenvalue weighted by Gasteiger charge is 2.22. The lowest BCUT2D eigenvalue weighted by Gasteiger charge is -2.38. The van der Waals surface area contributed by atoms with Gasteiger partial charge in [-0.15, -0.1) is 0 Å². The quantitative estimate of drug-likeness (QED) is 0.233. The SMILES string of the molecule is C=C/C(=C\C=C(C)C)c1cc(C(=O)NCCCN2CCC/C2=C/CC)ccc1N1CCN(c2cccc(C)c2)CC1. The predicted molar refractivity (Wildman–Crippen MR) is 176 cm³/mol. The number of amides is 1. The van der Waals surface area contributed by atoms with Crippen molar-refractivity contribution in [2.45, 2.75) is 53.4 Å². The first-order valence-corrected chi connectivity index (χ1v) is 15.3. The van der Waals surface area contributed by atoms with Crippen molar-refractivity contribution in [1.82, 2.24) is 10.2 Å². The van der Waals surface area contributed by atoms with Crippen LogP contribution in [0, 0.1) is 6.92 Å². The fourth-order valence-corrected chi connectivity index (χ4v) is 5.79. The predicted octanol–water partition coefficient (Wildman–Crippen LogP) is 7.37. The molecule has 2 aromatic rings. The summed E-state index contributed by atoms with van der Waals surface area (Å²) in [6, 6.07) is 14.9. The van der Waals surface area contributed by atoms with E-state index < -0.39 is 0 Å². The van der Waals surface area contributed by atoms with E-state index in [1.165, 1.54) is 35.4 Å². The molecule has 218 valence electrons. The number of rotatable bonds is 11. The molecule has 1 amide bonds. The van der Waals surface area contributed by atoms with Crippen molar-refractivity contribution < 1.29 is 4.79 Å². The standard InChI is InChI=1S/C36H48N4O/c1-6-11-32-14-9-20-38(32)21-10-19-37-36(41)31-17-18-35(34(27-31)30(7-2)16-15-28(3)4)40-24-22-39(23-25-40)33-13-8-12-29(5)26-33/h7-8,11-13,15-18,26-27H,2,6,9-10,14,19-25H2,1,3-5H3,(H,37,41)/b30-16+,32-11-. The summed E-state index contributed by atoms with van der Waals surface area (Å²) in [6.45, 7) is 19.2. The van der Waals surface area contributed by atoms with Crippen LogP contribution in [0.25, 0.3) is 5.57 Å². The fourth-order valence-electron chi connectivity index (χ4n) is 5.79. The molecule has 4 rings (SSSR count). The number of hydrogen-bond acceptors (Lipinski definition) is 4. The van der Waals surface area contributed by atoms with Gasteiger partial charge in [0.15, 0.2) is 0 Å². The minimum absolute atomic E-state index is 0.0153. The Kier molecular flexibility index (Phi) is 10.9. The molecule has 2 aromatic carbocycles. The van der Waals surface area contributed by atoms with E-state index in [0.29, 0.717) is 12.1 Å². The van der Waals surface area contributed by atoms with Gasteiger partial charge >= 0.3 is 0 Å². The Hall–Kier alpha value is -3.73. The summed E-state index contributed by atoms with van der Waals surface area (Å²) in [5.41, 5.74) is 9.20. The summed E-state index contributed by atoms with van der Waals surface area (Å²) in [6.07, 6.45) is 12.9. The molecule has 2 heterocycles. The molecule has 2 aliphatic rings. The summed E-state index contributed by atoms with van der Waals surface area (Å²) in [5.74, 6) is -0.0153. The van der Waals surface area contributed by atoms with Crippen LogP contribution in [0.15, 0.2) is 84.6 Å². The molecule has 5 heteroatoms. The minimum Gasteiger partial charge on any atom is -0.375 e. The Bertz CT molecular complexity index is 1290. The van der Waals surface area contributed by atoms with Gasteiger partial charge in [-0.05, 0) is 87.9 Å². The van der Waals surface area contributed by atoms with Crippen molar-refractivity contribution in [2.75, 3.05) is 55.6 Å². The Morgan fingerprint density at radius 3 is 2.49 bits per heavy atom. The van der Waals surface area contributed by atoms with Crippen LogP contribution in [0.4, 0.5) is 11.4 Å². The minimum atomic E-state index is -0.0153. The molecule has 0 saturated carbocycles. The van der Waals surface area contributed by atoms with Gasteiger partial charge in [0, 0.05) is 74.0 Å². The van der Waals surface area contributed by atoms with E-state index in [0.717, 1.165) is 68.9 Å². The number of carbonyl (C=O) groups excluding carboxylic acids is 1. The van der Waals surface area contributed by atoms with Crippen molar-refractivity contribution in [2.24, 2.45) is 0 Å². The molecule has 1 N–H and O–H groups in total. The monoisotopic (exact) mass is 552 g/mol. The van der Waals surface area contributed by atoms with Crippen molar-refractivity contribution in [1.29, 1.82) is 0 Å². The van der Waals surface area contributed by atoms with E-state index in [4.69, 9.17) is 0 Å². The number of piperazine rings is 1. The second-order valence-corrected chi connectivity index (χ2v) is 11.4. The maximum Gasteiger partial charge on any atom is 0.251 e. The maximum atomic E-state index is 13.2. The zero-order valence-corrected chi connectivity index (χ0v) is 25.6. The molecule has 41 heavy (non-hydrogen) atoms. The Morgan fingerprint density at radius 2 is 1.78 bits per heavy atom. The van der Waals surface area contributed by atoms with Gasteiger partial charge in [-0.25, -0.2) is 0 Å². The number of aryl methyl sites for hydroxylation is 1. The van der Waals surface area contributed by atoms with Crippen LogP contribution in [0.3, 0.4) is 0 Å². The molecule has 0 atom stereocenters. The average molecular weight is 553 g/mol. The van der Waals surface area contributed by atoms with Gasteiger partial charge in [0.1, 0.15) is 0 Å². The van der Waals surface area contributed by atoms with Crippen LogP contribution in [-0.2, 0) is 0 Å². The third-order valence-electron chi connectivity index (χ3n) is 7.97. The van der Waals surface area contributed by atoms with Crippen LogP contribution >= 0.6 is 0 Å². The van der Waals surface area contributed by atoms with Gasteiger partial charge in [0.25, 0.3) is 5.91 Å². The lowest BCUT2D eigenvalue weighted by atomic mass is 9.98. The van der Waals surface area contributed by atoms with Gasteiger partial charge in [0.05, 0.1) is 0 Å². The molecule has 0 bridgehead atoms. The fraction of sp³-hybridized carbons (Fsp3) is 0.417. The van der Waals surface area contributed by atoms with Gasteiger partial charge < -0.3 is 20.0 Å². The highest BCUT2D eigenvalue weighted by Crippen LogP contribution is 2.31. The summed E-state index contributed by atoms with van der Waals surface area (Å²) >= 11 is 0. The molecule has 2 saturated heterocycles. The summed E-state index contributed by atoms with van der Waals surface area (Å²) < 4.78 is 0. The van der Waals surface area contributed by atoms with Crippen LogP contribution < -0.4 is 15.1 Å². The van der Waals surface area contributed by atoms with E-state index in [-0.39, 0.29) is 5.91 Å². The lowest BCUT2D eigenvalue weighted by molar-refractivity contribution is 0.0952. The first kappa shape index (κ1) is 30.2. The third kappa shape index (κ3) is 8.16. The number of anilines is 2. The van der Waals surface area contributed by atoms with E-state index in [1.54, 1.807) is 0 Å². The van der Waals surface area contributed by atoms with Crippen LogP contribution in [-0.4, -0.2) is 56.6 Å². The first-order chi connectivity index (χ1) is 19.9. The molecular weight excluding hydrogens is 504 g/mol. The number of likely N-dealkylation sites (tertiary alicyclic amines) is 1. The molecule has 0 unspecified atom stereocenters. The lowest BCUT2D eigenvalue weighted by Crippen LogP contribution is -2.46. The van der Waals surface area contributed by atoms with Crippen molar-refractivity contribution in [3.8, 4) is 0 Å². The molecular formula is C36H48N4O. The molecule has 2 fully saturated rings. The normalized spacial score (nSPS) is 16.7. The Labute approximate surface area is 247 Å². The van der Waals surface area contributed by atoms with Gasteiger partial charge in [0.2, 0.25) is 0 Å². The first-order valence-electron chi connectivity index (χ1n) is 15.3. The number of nitrogens with one attached hydrogen (secondary N) is 1. The average Bonchev–Trinajstić information content (AvgIpc) is 3.42. The van der Waals surface area contributed by atoms with Crippen LogP contribution in [0.1, 0.15) is 67.9 Å². The highest BCUT2D eigenvalue weighted by atomic mass is 16.1. The topological polar surface area (TPSA) is 38.8 Å². The molecule has 0 aromatic heterocycles. The van der Waals surface area contributed by atoms with Gasteiger partial charge in [-0.3, -0.25) is 4.79 Å². The highest BCUT2D eigenvalue weighted by molar-refractivity contribution is 5.97. The molecule has 0 aliphatic carbocycles. The van der Waals surface area contributed by atoms with E-state index in [1.807, 2.05) is 18.2 Å². The summed E-state index contributed by atoms with van der Waals surface area (Å²) in [7, 11) is 0. The Morgan fingerprint density at radius 1 is 1.00 bits per heavy atom. The number of hydrogen-bond donors (Lipinski definition) is 1. The molecule has 0 spiro atoms. The smallest absolute Gasteiger partial charge is 0.251 e. The molecule has 2 aliphatic heterocycles. The van der Waals surface area contributed by atoms with Gasteiger partial charge in [-0.1, -0.05) is 55.5 Å². The Balaban J connectivity index is 1.47. The zero-order chi connectivity index (χ0) is 29.2. The number of carbonyl (C=O) groups is 1. The third-order valence-corrected chi connectivity index (χ3v) is 7.97. The van der Waals surface area contributed by atoms with Crippen molar-refractivity contribution in [3.63, 3.8) is 0 Å². The van der Waals surface area contributed by atoms with Crippen LogP contribution in [0.2, 0.25) is 0 Å². The zero-order valence-electron chi connectivity index (χ0n) is 25.6. The second kappa shape index (κ2) is 14.8. The maximum absolute atomic E-state index is 13.2. The van der Waals surface area contributed by atoms with E-state index in [9.17, 15) is 4.79 Å². The van der Waals surface area contributed by atoms with E-state index in [2.05, 4.69) is 103 Å². The van der Waals surface area contributed by atoms with E-state index >= 15 is 0 Å². The number of benzene rings is 2. The van der Waals surface area contributed by atoms with Crippen molar-refractivity contribution in [3.05, 3.63) is 101 Å². The summed E-state index contributed by atoms with van der Waals surface area (Å²) in [5, 5.41) is 3.17. The number of nitrogens with zero attached hydrogens (tertiary/aromatic N) is 3.